The number of likely N-dealkylation sites (N-methyl/N-ethyl adjacent to an activating group) is 1. The summed E-state index contributed by atoms with van der Waals surface area (Å²) in [5.41, 5.74) is -4.49. The van der Waals surface area contributed by atoms with Gasteiger partial charge in [-0.15, -0.1) is 0 Å². The number of rotatable bonds is 13. The third-order valence-corrected chi connectivity index (χ3v) is 12.6. The van der Waals surface area contributed by atoms with Crippen molar-refractivity contribution >= 4 is 11.7 Å². The second-order valence-corrected chi connectivity index (χ2v) is 17.7. The van der Waals surface area contributed by atoms with Crippen molar-refractivity contribution in [3.05, 3.63) is 0 Å². The summed E-state index contributed by atoms with van der Waals surface area (Å²) in [5.74, 6) is -4.14. The Hall–Kier alpha value is -1.58. The highest BCUT2D eigenvalue weighted by Gasteiger charge is 2.53. The Morgan fingerprint density at radius 1 is 0.897 bits per heavy atom. The van der Waals surface area contributed by atoms with E-state index in [1.54, 1.807) is 55.6 Å². The second-order valence-electron chi connectivity index (χ2n) is 17.7. The molecule has 0 amide bonds. The number of cyclic esters (lactones) is 1. The van der Waals surface area contributed by atoms with E-state index in [4.69, 9.17) is 42.7 Å². The van der Waals surface area contributed by atoms with E-state index in [1.807, 2.05) is 32.8 Å². The van der Waals surface area contributed by atoms with Crippen molar-refractivity contribution < 1.29 is 73.1 Å². The Morgan fingerprint density at radius 3 is 2.14 bits per heavy atom. The van der Waals surface area contributed by atoms with Gasteiger partial charge in [0.2, 0.25) is 6.79 Å². The first-order chi connectivity index (χ1) is 27.0. The van der Waals surface area contributed by atoms with Crippen LogP contribution in [0, 0.1) is 23.7 Å². The van der Waals surface area contributed by atoms with Crippen LogP contribution in [-0.2, 0) is 47.5 Å². The fourth-order valence-electron chi connectivity index (χ4n) is 8.93. The zero-order valence-electron chi connectivity index (χ0n) is 37.3. The number of carbonyl (C=O) groups is 1. The maximum atomic E-state index is 14.3. The Labute approximate surface area is 345 Å². The van der Waals surface area contributed by atoms with E-state index >= 15 is 0 Å². The lowest BCUT2D eigenvalue weighted by molar-refractivity contribution is -0.317. The molecule has 3 fully saturated rings. The van der Waals surface area contributed by atoms with Crippen LogP contribution >= 0.6 is 0 Å². The van der Waals surface area contributed by atoms with Crippen LogP contribution in [0.4, 0.5) is 0 Å². The normalized spacial score (nSPS) is 45.8. The van der Waals surface area contributed by atoms with Gasteiger partial charge in [-0.2, -0.15) is 0 Å². The van der Waals surface area contributed by atoms with Gasteiger partial charge in [-0.3, -0.25) is 4.79 Å². The molecule has 58 heavy (non-hydrogen) atoms. The van der Waals surface area contributed by atoms with Gasteiger partial charge in [0.1, 0.15) is 23.9 Å². The molecule has 0 aromatic heterocycles. The van der Waals surface area contributed by atoms with Crippen molar-refractivity contribution in [1.82, 2.24) is 4.90 Å². The molecule has 3 aliphatic heterocycles. The Morgan fingerprint density at radius 2 is 1.55 bits per heavy atom. The third kappa shape index (κ3) is 12.1. The second kappa shape index (κ2) is 21.5. The minimum absolute atomic E-state index is 0.0307. The van der Waals surface area contributed by atoms with Crippen molar-refractivity contribution in [2.75, 3.05) is 48.3 Å². The SMILES string of the molecule is CCC1OC(=O)[C@H](C)[C@@H](O[C@H]2C[C@@](C)(OC)[C@@H](O)[C@H](C)O2)[C@H](C)[C@@H](O[C@@H]2O[C@H](C)C[C@H](N(C)C)[C@H]2O)[C@](C)(O)C[C@@H](C)/C(=N/OCOCCOC)[C@H](C)[C@@H](O)[C@]1(C)O. The largest absolute Gasteiger partial charge is 0.459 e. The number of aliphatic hydroxyl groups excluding tert-OH is 3. The minimum Gasteiger partial charge on any atom is -0.459 e. The fourth-order valence-corrected chi connectivity index (χ4v) is 8.93. The summed E-state index contributed by atoms with van der Waals surface area (Å²) >= 11 is 0. The maximum Gasteiger partial charge on any atom is 0.311 e. The number of nitrogens with zero attached hydrogens (tertiary/aromatic N) is 2. The predicted octanol–water partition coefficient (Wildman–Crippen LogP) is 2.21. The van der Waals surface area contributed by atoms with Crippen molar-refractivity contribution in [2.24, 2.45) is 28.8 Å². The summed E-state index contributed by atoms with van der Waals surface area (Å²) in [4.78, 5) is 21.8. The van der Waals surface area contributed by atoms with E-state index in [9.17, 15) is 30.3 Å². The van der Waals surface area contributed by atoms with Gasteiger partial charge in [-0.25, -0.2) is 0 Å². The summed E-state index contributed by atoms with van der Waals surface area (Å²) in [6, 6.07) is -0.328. The Balaban J connectivity index is 2.22. The number of hydrogen-bond acceptors (Lipinski definition) is 17. The molecule has 0 saturated carbocycles. The molecule has 0 aromatic rings. The zero-order chi connectivity index (χ0) is 43.9. The molecule has 3 heterocycles. The molecule has 17 nitrogen and oxygen atoms in total. The third-order valence-electron chi connectivity index (χ3n) is 12.6. The molecule has 3 rings (SSSR count). The van der Waals surface area contributed by atoms with Gasteiger partial charge in [0.25, 0.3) is 0 Å². The van der Waals surface area contributed by atoms with Crippen LogP contribution in [0.3, 0.4) is 0 Å². The van der Waals surface area contributed by atoms with Crippen LogP contribution in [0.2, 0.25) is 0 Å². The molecule has 3 saturated heterocycles. The molecule has 0 bridgehead atoms. The highest BCUT2D eigenvalue weighted by Crippen LogP contribution is 2.41. The number of oxime groups is 1. The van der Waals surface area contributed by atoms with E-state index < -0.39 is 102 Å². The van der Waals surface area contributed by atoms with E-state index in [0.717, 1.165) is 0 Å². The number of hydrogen-bond donors (Lipinski definition) is 5. The minimum atomic E-state index is -1.97. The lowest BCUT2D eigenvalue weighted by Crippen LogP contribution is -2.61. The van der Waals surface area contributed by atoms with Crippen LogP contribution in [0.1, 0.15) is 94.9 Å². The molecule has 1 unspecified atom stereocenters. The van der Waals surface area contributed by atoms with Gasteiger partial charge in [0.05, 0.1) is 66.6 Å². The lowest BCUT2D eigenvalue weighted by atomic mass is 9.73. The highest BCUT2D eigenvalue weighted by atomic mass is 16.7. The summed E-state index contributed by atoms with van der Waals surface area (Å²) in [7, 11) is 6.76. The van der Waals surface area contributed by atoms with E-state index in [0.29, 0.717) is 18.7 Å². The van der Waals surface area contributed by atoms with E-state index in [1.165, 1.54) is 14.0 Å². The van der Waals surface area contributed by atoms with Crippen molar-refractivity contribution in [3.63, 3.8) is 0 Å². The number of ether oxygens (including phenoxy) is 8. The fraction of sp³-hybridized carbons (Fsp3) is 0.951. The molecule has 3 aliphatic rings. The molecule has 0 spiro atoms. The predicted molar refractivity (Wildman–Crippen MR) is 212 cm³/mol. The zero-order valence-corrected chi connectivity index (χ0v) is 37.3. The lowest BCUT2D eigenvalue weighted by Gasteiger charge is -2.49. The van der Waals surface area contributed by atoms with Crippen LogP contribution in [-0.4, -0.2) is 175 Å². The van der Waals surface area contributed by atoms with Crippen LogP contribution in [0.15, 0.2) is 5.16 Å². The summed E-state index contributed by atoms with van der Waals surface area (Å²) < 4.78 is 48.1. The summed E-state index contributed by atoms with van der Waals surface area (Å²) in [6.07, 6.45) is -9.49. The Bertz CT molecular complexity index is 1300. The molecule has 0 radical (unpaired) electrons. The van der Waals surface area contributed by atoms with Crippen LogP contribution in [0.25, 0.3) is 0 Å². The number of aliphatic hydroxyl groups is 5. The van der Waals surface area contributed by atoms with Gasteiger partial charge < -0.3 is 73.2 Å². The Kier molecular flexibility index (Phi) is 18.8. The standard InChI is InChI=1S/C41H76N2O15/c1-15-29-41(10,49)34(45)24(4)31(42-53-21-52-17-16-50-13)22(2)19-39(8,48)36(58-38-32(44)28(43(11)12)18-23(3)54-38)25(5)33(26(6)37(47)56-29)57-30-20-40(9,51-14)35(46)27(7)55-30/h22-30,32-36,38,44-46,48-49H,15-21H2,1-14H3/b42-31-/t22-,23-,24+,25+,26-,27+,28+,29?,30+,32-,33+,34-,35+,36-,38+,39-,40-,41-/m1/s1. The molecular formula is C41H76N2O15. The smallest absolute Gasteiger partial charge is 0.311 e. The van der Waals surface area contributed by atoms with Crippen molar-refractivity contribution in [3.8, 4) is 0 Å². The summed E-state index contributed by atoms with van der Waals surface area (Å²) in [5, 5.41) is 63.6. The molecule has 0 aromatic carbocycles. The topological polar surface area (TPSA) is 217 Å². The van der Waals surface area contributed by atoms with E-state index in [2.05, 4.69) is 5.16 Å². The number of methoxy groups -OCH3 is 2. The number of esters is 1. The van der Waals surface area contributed by atoms with Crippen LogP contribution < -0.4 is 0 Å². The average Bonchev–Trinajstić information content (AvgIpc) is 3.15. The van der Waals surface area contributed by atoms with Gasteiger partial charge in [-0.1, -0.05) is 32.9 Å². The van der Waals surface area contributed by atoms with E-state index in [-0.39, 0.29) is 44.8 Å². The first-order valence-corrected chi connectivity index (χ1v) is 20.8. The van der Waals surface area contributed by atoms with Crippen molar-refractivity contribution in [2.45, 2.75) is 179 Å². The van der Waals surface area contributed by atoms with Gasteiger partial charge in [0, 0.05) is 44.4 Å². The molecule has 0 aliphatic carbocycles. The monoisotopic (exact) mass is 837 g/mol. The summed E-state index contributed by atoms with van der Waals surface area (Å²) in [6.45, 7) is 17.3. The molecular weight excluding hydrogens is 760 g/mol. The number of carbonyl (C=O) groups excluding carboxylic acids is 1. The van der Waals surface area contributed by atoms with Crippen molar-refractivity contribution in [1.29, 1.82) is 0 Å². The van der Waals surface area contributed by atoms with Gasteiger partial charge in [0.15, 0.2) is 12.6 Å². The first-order valence-electron chi connectivity index (χ1n) is 20.8. The average molecular weight is 837 g/mol. The maximum absolute atomic E-state index is 14.3. The molecule has 17 heteroatoms. The molecule has 18 atom stereocenters. The van der Waals surface area contributed by atoms with Gasteiger partial charge >= 0.3 is 5.97 Å². The quantitative estimate of drug-likeness (QED) is 0.0778. The van der Waals surface area contributed by atoms with Crippen LogP contribution in [0.5, 0.6) is 0 Å². The first kappa shape index (κ1) is 50.8. The molecule has 340 valence electrons. The highest BCUT2D eigenvalue weighted by molar-refractivity contribution is 5.88. The van der Waals surface area contributed by atoms with Gasteiger partial charge in [-0.05, 0) is 74.9 Å². The molecule has 5 N–H and O–H groups in total.